The summed E-state index contributed by atoms with van der Waals surface area (Å²) in [4.78, 5) is 38.5. The Morgan fingerprint density at radius 2 is 1.48 bits per heavy atom. The lowest BCUT2D eigenvalue weighted by Crippen LogP contribution is -2.29. The number of hydrogen-bond donors (Lipinski definition) is 5. The molecule has 3 aromatic rings. The van der Waals surface area contributed by atoms with E-state index in [2.05, 4.69) is 20.3 Å². The number of nitrogens with one attached hydrogen (secondary N) is 5. The number of sulfonamides is 1. The van der Waals surface area contributed by atoms with Crippen molar-refractivity contribution >= 4 is 33.1 Å². The second-order valence-corrected chi connectivity index (χ2v) is 7.63. The lowest BCUT2D eigenvalue weighted by Gasteiger charge is -2.14. The smallest absolute Gasteiger partial charge is 0.313 e. The maximum atomic E-state index is 12.5. The van der Waals surface area contributed by atoms with Gasteiger partial charge in [-0.25, -0.2) is 18.0 Å². The minimum Gasteiger partial charge on any atom is -0.313 e. The molecule has 11 heteroatoms. The standard InChI is InChI=1S/C18H17N5O5S/c1-11-6-2-3-7-12(11)20-18(26)21-13-8-4-5-9-14(13)23-29(27,28)15-10-19-17(25)22-16(15)24/h2-10,23H,1H3,(H2,20,21,26)(H2,19,22,24,25). The van der Waals surface area contributed by atoms with Crippen LogP contribution in [0.25, 0.3) is 0 Å². The molecule has 5 N–H and O–H groups in total. The van der Waals surface area contributed by atoms with Crippen LogP contribution >= 0.6 is 0 Å². The van der Waals surface area contributed by atoms with Crippen molar-refractivity contribution in [2.45, 2.75) is 11.8 Å². The Bertz CT molecular complexity index is 1280. The molecular weight excluding hydrogens is 398 g/mol. The van der Waals surface area contributed by atoms with Crippen molar-refractivity contribution in [2.75, 3.05) is 15.4 Å². The van der Waals surface area contributed by atoms with E-state index in [0.717, 1.165) is 11.8 Å². The van der Waals surface area contributed by atoms with Crippen LogP contribution < -0.4 is 26.6 Å². The molecule has 0 aliphatic carbocycles. The van der Waals surface area contributed by atoms with Crippen molar-refractivity contribution in [1.82, 2.24) is 9.97 Å². The zero-order valence-corrected chi connectivity index (χ0v) is 16.0. The van der Waals surface area contributed by atoms with E-state index in [1.807, 2.05) is 24.0 Å². The molecule has 0 aliphatic heterocycles. The van der Waals surface area contributed by atoms with Crippen LogP contribution in [0.3, 0.4) is 0 Å². The number of carbonyl (C=O) groups is 1. The van der Waals surface area contributed by atoms with E-state index in [1.165, 1.54) is 12.1 Å². The number of carbonyl (C=O) groups excluding carboxylic acids is 1. The number of para-hydroxylation sites is 3. The highest BCUT2D eigenvalue weighted by molar-refractivity contribution is 7.92. The van der Waals surface area contributed by atoms with Gasteiger partial charge in [-0.1, -0.05) is 30.3 Å². The maximum absolute atomic E-state index is 12.5. The van der Waals surface area contributed by atoms with Gasteiger partial charge in [-0.2, -0.15) is 0 Å². The average molecular weight is 415 g/mol. The number of aromatic nitrogens is 2. The fourth-order valence-corrected chi connectivity index (χ4v) is 3.55. The molecule has 29 heavy (non-hydrogen) atoms. The van der Waals surface area contributed by atoms with Crippen molar-refractivity contribution in [3.05, 3.63) is 81.1 Å². The van der Waals surface area contributed by atoms with E-state index in [-0.39, 0.29) is 11.4 Å². The number of hydrogen-bond acceptors (Lipinski definition) is 5. The second kappa shape index (κ2) is 8.02. The van der Waals surface area contributed by atoms with Gasteiger partial charge in [0.05, 0.1) is 11.4 Å². The first kappa shape index (κ1) is 19.9. The molecule has 0 saturated heterocycles. The molecule has 10 nitrogen and oxygen atoms in total. The molecule has 2 amide bonds. The molecule has 3 rings (SSSR count). The summed E-state index contributed by atoms with van der Waals surface area (Å²) in [5.41, 5.74) is -0.231. The average Bonchev–Trinajstić information content (AvgIpc) is 2.64. The minimum atomic E-state index is -4.32. The summed E-state index contributed by atoms with van der Waals surface area (Å²) in [7, 11) is -4.32. The van der Waals surface area contributed by atoms with Gasteiger partial charge < -0.3 is 15.6 Å². The number of urea groups is 1. The van der Waals surface area contributed by atoms with Gasteiger partial charge in [0, 0.05) is 11.9 Å². The van der Waals surface area contributed by atoms with Crippen molar-refractivity contribution in [3.63, 3.8) is 0 Å². The summed E-state index contributed by atoms with van der Waals surface area (Å²) in [6.45, 7) is 1.83. The molecule has 0 radical (unpaired) electrons. The van der Waals surface area contributed by atoms with Crippen molar-refractivity contribution < 1.29 is 13.2 Å². The third-order valence-corrected chi connectivity index (χ3v) is 5.26. The van der Waals surface area contributed by atoms with E-state index >= 15 is 0 Å². The first-order chi connectivity index (χ1) is 13.8. The number of rotatable bonds is 5. The summed E-state index contributed by atoms with van der Waals surface area (Å²) < 4.78 is 27.3. The zero-order valence-electron chi connectivity index (χ0n) is 15.1. The summed E-state index contributed by atoms with van der Waals surface area (Å²) in [5.74, 6) is 0. The molecule has 0 spiro atoms. The Hall–Kier alpha value is -3.86. The number of aryl methyl sites for hydroxylation is 1. The van der Waals surface area contributed by atoms with Crippen LogP contribution in [-0.2, 0) is 10.0 Å². The highest BCUT2D eigenvalue weighted by Gasteiger charge is 2.20. The molecule has 0 saturated carbocycles. The number of amides is 2. The fraction of sp³-hybridized carbons (Fsp3) is 0.0556. The van der Waals surface area contributed by atoms with E-state index < -0.39 is 32.2 Å². The molecular formula is C18H17N5O5S. The summed E-state index contributed by atoms with van der Waals surface area (Å²) in [6.07, 6.45) is 0.796. The largest absolute Gasteiger partial charge is 0.325 e. The summed E-state index contributed by atoms with van der Waals surface area (Å²) >= 11 is 0. The lowest BCUT2D eigenvalue weighted by atomic mass is 10.2. The predicted molar refractivity (Wildman–Crippen MR) is 109 cm³/mol. The van der Waals surface area contributed by atoms with Crippen LogP contribution in [0, 0.1) is 6.92 Å². The lowest BCUT2D eigenvalue weighted by molar-refractivity contribution is 0.262. The number of H-pyrrole nitrogens is 2. The SMILES string of the molecule is Cc1ccccc1NC(=O)Nc1ccccc1NS(=O)(=O)c1c[nH]c(=O)[nH]c1=O. The Morgan fingerprint density at radius 1 is 0.897 bits per heavy atom. The monoisotopic (exact) mass is 415 g/mol. The fourth-order valence-electron chi connectivity index (χ4n) is 2.47. The van der Waals surface area contributed by atoms with Gasteiger partial charge in [0.2, 0.25) is 0 Å². The van der Waals surface area contributed by atoms with Crippen LogP contribution in [0.2, 0.25) is 0 Å². The third-order valence-electron chi connectivity index (χ3n) is 3.89. The summed E-state index contributed by atoms with van der Waals surface area (Å²) in [5, 5.41) is 5.24. The molecule has 0 bridgehead atoms. The quantitative estimate of drug-likeness (QED) is 0.430. The van der Waals surface area contributed by atoms with Gasteiger partial charge in [-0.05, 0) is 30.7 Å². The first-order valence-corrected chi connectivity index (χ1v) is 9.82. The van der Waals surface area contributed by atoms with Gasteiger partial charge in [-0.3, -0.25) is 14.5 Å². The Morgan fingerprint density at radius 3 is 2.14 bits per heavy atom. The van der Waals surface area contributed by atoms with E-state index in [4.69, 9.17) is 0 Å². The molecule has 0 unspecified atom stereocenters. The van der Waals surface area contributed by atoms with Gasteiger partial charge in [-0.15, -0.1) is 0 Å². The van der Waals surface area contributed by atoms with Crippen LogP contribution in [0.1, 0.15) is 5.56 Å². The number of aromatic amines is 2. The maximum Gasteiger partial charge on any atom is 0.325 e. The Kier molecular flexibility index (Phi) is 5.50. The minimum absolute atomic E-state index is 0.0398. The number of benzene rings is 2. The topological polar surface area (TPSA) is 153 Å². The molecule has 2 aromatic carbocycles. The van der Waals surface area contributed by atoms with Crippen molar-refractivity contribution in [2.24, 2.45) is 0 Å². The Balaban J connectivity index is 1.83. The highest BCUT2D eigenvalue weighted by Crippen LogP contribution is 2.24. The van der Waals surface area contributed by atoms with Gasteiger partial charge >= 0.3 is 11.7 Å². The molecule has 0 fully saturated rings. The van der Waals surface area contributed by atoms with Crippen molar-refractivity contribution in [3.8, 4) is 0 Å². The van der Waals surface area contributed by atoms with Gasteiger partial charge in [0.1, 0.15) is 0 Å². The van der Waals surface area contributed by atoms with Crippen LogP contribution in [0.15, 0.2) is 69.2 Å². The third kappa shape index (κ3) is 4.71. The van der Waals surface area contributed by atoms with Crippen LogP contribution in [0.4, 0.5) is 21.9 Å². The van der Waals surface area contributed by atoms with E-state index in [9.17, 15) is 22.8 Å². The van der Waals surface area contributed by atoms with Gasteiger partial charge in [0.15, 0.2) is 4.90 Å². The highest BCUT2D eigenvalue weighted by atomic mass is 32.2. The first-order valence-electron chi connectivity index (χ1n) is 8.34. The molecule has 150 valence electrons. The molecule has 0 atom stereocenters. The van der Waals surface area contributed by atoms with E-state index in [1.54, 1.807) is 24.3 Å². The molecule has 1 aromatic heterocycles. The Labute approximate surface area is 165 Å². The summed E-state index contributed by atoms with van der Waals surface area (Å²) in [6, 6.07) is 12.7. The normalized spacial score (nSPS) is 10.9. The van der Waals surface area contributed by atoms with Crippen LogP contribution in [-0.4, -0.2) is 24.4 Å². The predicted octanol–water partition coefficient (Wildman–Crippen LogP) is 1.82. The molecule has 1 heterocycles. The second-order valence-electron chi connectivity index (χ2n) is 5.98. The zero-order chi connectivity index (χ0) is 21.0. The van der Waals surface area contributed by atoms with Crippen LogP contribution in [0.5, 0.6) is 0 Å². The van der Waals surface area contributed by atoms with Crippen molar-refractivity contribution in [1.29, 1.82) is 0 Å². The van der Waals surface area contributed by atoms with E-state index in [0.29, 0.717) is 5.69 Å². The van der Waals surface area contributed by atoms with Gasteiger partial charge in [0.25, 0.3) is 15.6 Å². The number of anilines is 3. The molecule has 0 aliphatic rings.